The van der Waals surface area contributed by atoms with Gasteiger partial charge in [-0.2, -0.15) is 0 Å². The maximum absolute atomic E-state index is 12.6. The first-order valence-corrected chi connectivity index (χ1v) is 8.93. The smallest absolute Gasteiger partial charge is 0.253 e. The highest BCUT2D eigenvalue weighted by Crippen LogP contribution is 2.23. The van der Waals surface area contributed by atoms with E-state index in [4.69, 9.17) is 4.74 Å². The Labute approximate surface area is 160 Å². The molecule has 27 heavy (non-hydrogen) atoms. The van der Waals surface area contributed by atoms with Crippen molar-refractivity contribution < 1.29 is 14.3 Å². The molecule has 0 saturated carbocycles. The van der Waals surface area contributed by atoms with Crippen LogP contribution in [0.3, 0.4) is 0 Å². The summed E-state index contributed by atoms with van der Waals surface area (Å²) in [5, 5.41) is 5.76. The third-order valence-corrected chi connectivity index (χ3v) is 4.03. The van der Waals surface area contributed by atoms with Crippen LogP contribution in [0.15, 0.2) is 48.5 Å². The summed E-state index contributed by atoms with van der Waals surface area (Å²) in [5.41, 5.74) is 2.86. The first-order valence-electron chi connectivity index (χ1n) is 8.93. The van der Waals surface area contributed by atoms with E-state index in [0.29, 0.717) is 24.4 Å². The Kier molecular flexibility index (Phi) is 7.82. The molecule has 2 aromatic carbocycles. The molecule has 144 valence electrons. The number of ether oxygens (including phenoxy) is 1. The zero-order valence-corrected chi connectivity index (χ0v) is 16.1. The van der Waals surface area contributed by atoms with Gasteiger partial charge in [0, 0.05) is 45.7 Å². The molecule has 0 aliphatic heterocycles. The van der Waals surface area contributed by atoms with Crippen LogP contribution < -0.4 is 15.5 Å². The molecule has 2 amide bonds. The van der Waals surface area contributed by atoms with Crippen LogP contribution in [0.2, 0.25) is 0 Å². The van der Waals surface area contributed by atoms with Crippen molar-refractivity contribution in [2.24, 2.45) is 0 Å². The summed E-state index contributed by atoms with van der Waals surface area (Å²) in [6, 6.07) is 14.9. The average Bonchev–Trinajstić information content (AvgIpc) is 2.65. The van der Waals surface area contributed by atoms with E-state index in [0.717, 1.165) is 17.7 Å². The van der Waals surface area contributed by atoms with Gasteiger partial charge in [0.15, 0.2) is 0 Å². The first kappa shape index (κ1) is 20.5. The van der Waals surface area contributed by atoms with Crippen molar-refractivity contribution in [2.45, 2.75) is 12.8 Å². The van der Waals surface area contributed by atoms with Crippen molar-refractivity contribution >= 4 is 23.2 Å². The molecule has 2 rings (SSSR count). The van der Waals surface area contributed by atoms with E-state index in [1.807, 2.05) is 55.4 Å². The average molecular weight is 369 g/mol. The monoisotopic (exact) mass is 369 g/mol. The number of carbonyl (C=O) groups excluding carboxylic acids is 2. The van der Waals surface area contributed by atoms with Crippen LogP contribution in [0.4, 0.5) is 11.4 Å². The second-order valence-corrected chi connectivity index (χ2v) is 6.44. The zero-order valence-electron chi connectivity index (χ0n) is 16.1. The minimum absolute atomic E-state index is 0.120. The SMILES string of the molecule is COCCCNC(=O)c1cc(NC(=O)Cc2ccccc2)ccc1N(C)C. The number of amides is 2. The Morgan fingerprint density at radius 1 is 1.07 bits per heavy atom. The molecule has 0 aliphatic carbocycles. The van der Waals surface area contributed by atoms with Crippen molar-refractivity contribution in [1.82, 2.24) is 5.32 Å². The molecule has 2 N–H and O–H groups in total. The number of rotatable bonds is 9. The fourth-order valence-electron chi connectivity index (χ4n) is 2.69. The second kappa shape index (κ2) is 10.3. The number of anilines is 2. The van der Waals surface area contributed by atoms with Gasteiger partial charge in [0.25, 0.3) is 5.91 Å². The van der Waals surface area contributed by atoms with E-state index in [2.05, 4.69) is 10.6 Å². The Bertz CT molecular complexity index is 761. The predicted octanol–water partition coefficient (Wildman–Crippen LogP) is 2.70. The van der Waals surface area contributed by atoms with Gasteiger partial charge >= 0.3 is 0 Å². The number of carbonyl (C=O) groups is 2. The summed E-state index contributed by atoms with van der Waals surface area (Å²) < 4.78 is 5.00. The van der Waals surface area contributed by atoms with Gasteiger partial charge in [-0.3, -0.25) is 9.59 Å². The second-order valence-electron chi connectivity index (χ2n) is 6.44. The first-order chi connectivity index (χ1) is 13.0. The van der Waals surface area contributed by atoms with E-state index in [-0.39, 0.29) is 18.2 Å². The number of nitrogens with zero attached hydrogens (tertiary/aromatic N) is 1. The van der Waals surface area contributed by atoms with Crippen LogP contribution in [-0.2, 0) is 16.0 Å². The van der Waals surface area contributed by atoms with Crippen LogP contribution in [0.25, 0.3) is 0 Å². The molecule has 6 heteroatoms. The van der Waals surface area contributed by atoms with E-state index >= 15 is 0 Å². The highest BCUT2D eigenvalue weighted by atomic mass is 16.5. The van der Waals surface area contributed by atoms with E-state index in [1.54, 1.807) is 19.2 Å². The minimum atomic E-state index is -0.172. The van der Waals surface area contributed by atoms with Gasteiger partial charge in [-0.1, -0.05) is 30.3 Å². The van der Waals surface area contributed by atoms with Crippen molar-refractivity contribution in [3.8, 4) is 0 Å². The number of hydrogen-bond donors (Lipinski definition) is 2. The van der Waals surface area contributed by atoms with Gasteiger partial charge in [-0.05, 0) is 30.2 Å². The Balaban J connectivity index is 2.09. The molecule has 0 aliphatic rings. The number of benzene rings is 2. The lowest BCUT2D eigenvalue weighted by atomic mass is 10.1. The maximum atomic E-state index is 12.6. The van der Waals surface area contributed by atoms with E-state index < -0.39 is 0 Å². The fourth-order valence-corrected chi connectivity index (χ4v) is 2.69. The number of methoxy groups -OCH3 is 1. The molecule has 6 nitrogen and oxygen atoms in total. The largest absolute Gasteiger partial charge is 0.385 e. The Hall–Kier alpha value is -2.86. The van der Waals surface area contributed by atoms with Crippen LogP contribution >= 0.6 is 0 Å². The molecule has 2 aromatic rings. The molecule has 0 atom stereocenters. The molecule has 0 bridgehead atoms. The van der Waals surface area contributed by atoms with Crippen LogP contribution in [0.1, 0.15) is 22.3 Å². The van der Waals surface area contributed by atoms with Gasteiger partial charge < -0.3 is 20.3 Å². The molecule has 0 radical (unpaired) electrons. The summed E-state index contributed by atoms with van der Waals surface area (Å²) in [4.78, 5) is 26.7. The van der Waals surface area contributed by atoms with Gasteiger partial charge in [0.1, 0.15) is 0 Å². The van der Waals surface area contributed by atoms with E-state index in [1.165, 1.54) is 0 Å². The topological polar surface area (TPSA) is 70.7 Å². The van der Waals surface area contributed by atoms with E-state index in [9.17, 15) is 9.59 Å². The summed E-state index contributed by atoms with van der Waals surface area (Å²) in [6.45, 7) is 1.13. The van der Waals surface area contributed by atoms with Gasteiger partial charge in [0.2, 0.25) is 5.91 Å². The van der Waals surface area contributed by atoms with Crippen molar-refractivity contribution in [2.75, 3.05) is 44.6 Å². The Morgan fingerprint density at radius 2 is 1.81 bits per heavy atom. The lowest BCUT2D eigenvalue weighted by Gasteiger charge is -2.18. The molecule has 0 unspecified atom stereocenters. The number of hydrogen-bond acceptors (Lipinski definition) is 4. The molecule has 0 spiro atoms. The molecule has 0 fully saturated rings. The lowest BCUT2D eigenvalue weighted by molar-refractivity contribution is -0.115. The van der Waals surface area contributed by atoms with Crippen LogP contribution in [0, 0.1) is 0 Å². The standard InChI is InChI=1S/C21H27N3O3/c1-24(2)19-11-10-17(15-18(19)21(26)22-12-7-13-27-3)23-20(25)14-16-8-5-4-6-9-16/h4-6,8-11,15H,7,12-14H2,1-3H3,(H,22,26)(H,23,25). The third-order valence-electron chi connectivity index (χ3n) is 4.03. The maximum Gasteiger partial charge on any atom is 0.253 e. The molecular weight excluding hydrogens is 342 g/mol. The van der Waals surface area contributed by atoms with Crippen LogP contribution in [-0.4, -0.2) is 46.2 Å². The molecule has 0 aromatic heterocycles. The lowest BCUT2D eigenvalue weighted by Crippen LogP contribution is -2.27. The highest BCUT2D eigenvalue weighted by Gasteiger charge is 2.14. The highest BCUT2D eigenvalue weighted by molar-refractivity contribution is 6.02. The Morgan fingerprint density at radius 3 is 2.48 bits per heavy atom. The summed E-state index contributed by atoms with van der Waals surface area (Å²) in [5.74, 6) is -0.292. The molecule has 0 saturated heterocycles. The summed E-state index contributed by atoms with van der Waals surface area (Å²) in [7, 11) is 5.39. The molecular formula is C21H27N3O3. The summed E-state index contributed by atoms with van der Waals surface area (Å²) in [6.07, 6.45) is 1.03. The fraction of sp³-hybridized carbons (Fsp3) is 0.333. The predicted molar refractivity (Wildman–Crippen MR) is 108 cm³/mol. The van der Waals surface area contributed by atoms with Crippen molar-refractivity contribution in [1.29, 1.82) is 0 Å². The third kappa shape index (κ3) is 6.42. The van der Waals surface area contributed by atoms with Crippen LogP contribution in [0.5, 0.6) is 0 Å². The quantitative estimate of drug-likeness (QED) is 0.667. The van der Waals surface area contributed by atoms with Crippen molar-refractivity contribution in [3.63, 3.8) is 0 Å². The normalized spacial score (nSPS) is 10.3. The molecule has 0 heterocycles. The van der Waals surface area contributed by atoms with Gasteiger partial charge in [-0.15, -0.1) is 0 Å². The van der Waals surface area contributed by atoms with Gasteiger partial charge in [0.05, 0.1) is 12.0 Å². The zero-order chi connectivity index (χ0) is 19.6. The summed E-state index contributed by atoms with van der Waals surface area (Å²) >= 11 is 0. The van der Waals surface area contributed by atoms with Gasteiger partial charge in [-0.25, -0.2) is 0 Å². The number of nitrogens with one attached hydrogen (secondary N) is 2. The van der Waals surface area contributed by atoms with Crippen molar-refractivity contribution in [3.05, 3.63) is 59.7 Å². The minimum Gasteiger partial charge on any atom is -0.385 e.